The van der Waals surface area contributed by atoms with Crippen LogP contribution in [0.4, 0.5) is 0 Å². The standard InChI is InChI=1S/C13H18N2O4/c1-10-3-4-11(19-10)5-6-12(16)15-9-13(17)14-7-8-18-2/h3-6H,7-9H2,1-2H3,(H,14,17)(H,15,16)/b6-5+. The van der Waals surface area contributed by atoms with Gasteiger partial charge in [0.1, 0.15) is 11.5 Å². The molecule has 104 valence electrons. The number of hydrogen-bond donors (Lipinski definition) is 2. The molecule has 2 amide bonds. The molecule has 0 bridgehead atoms. The van der Waals surface area contributed by atoms with E-state index in [0.29, 0.717) is 18.9 Å². The van der Waals surface area contributed by atoms with Crippen LogP contribution in [0.25, 0.3) is 6.08 Å². The Morgan fingerprint density at radius 2 is 2.16 bits per heavy atom. The van der Waals surface area contributed by atoms with Crippen molar-refractivity contribution in [1.29, 1.82) is 0 Å². The van der Waals surface area contributed by atoms with Gasteiger partial charge in [0.15, 0.2) is 0 Å². The number of furan rings is 1. The van der Waals surface area contributed by atoms with Gasteiger partial charge in [0.05, 0.1) is 13.2 Å². The summed E-state index contributed by atoms with van der Waals surface area (Å²) in [6.07, 6.45) is 2.87. The predicted octanol–water partition coefficient (Wildman–Crippen LogP) is 0.480. The van der Waals surface area contributed by atoms with Gasteiger partial charge in [-0.3, -0.25) is 9.59 Å². The minimum atomic E-state index is -0.351. The SMILES string of the molecule is COCCNC(=O)CNC(=O)/C=C/c1ccc(C)o1. The minimum Gasteiger partial charge on any atom is -0.462 e. The molecule has 0 saturated heterocycles. The molecule has 6 nitrogen and oxygen atoms in total. The summed E-state index contributed by atoms with van der Waals surface area (Å²) < 4.78 is 10.0. The fraction of sp³-hybridized carbons (Fsp3) is 0.385. The lowest BCUT2D eigenvalue weighted by molar-refractivity contribution is -0.124. The number of rotatable bonds is 7. The second-order valence-electron chi connectivity index (χ2n) is 3.84. The van der Waals surface area contributed by atoms with Crippen LogP contribution in [0.5, 0.6) is 0 Å². The quantitative estimate of drug-likeness (QED) is 0.555. The Kier molecular flexibility index (Phi) is 6.38. The molecule has 0 unspecified atom stereocenters. The molecule has 19 heavy (non-hydrogen) atoms. The summed E-state index contributed by atoms with van der Waals surface area (Å²) in [6, 6.07) is 3.57. The average molecular weight is 266 g/mol. The highest BCUT2D eigenvalue weighted by molar-refractivity contribution is 5.94. The van der Waals surface area contributed by atoms with Crippen LogP contribution in [0.3, 0.4) is 0 Å². The molecule has 1 rings (SSSR count). The Bertz CT molecular complexity index is 451. The van der Waals surface area contributed by atoms with Crippen LogP contribution < -0.4 is 10.6 Å². The fourth-order valence-corrected chi connectivity index (χ4v) is 1.28. The predicted molar refractivity (Wildman–Crippen MR) is 70.4 cm³/mol. The van der Waals surface area contributed by atoms with Crippen molar-refractivity contribution in [3.63, 3.8) is 0 Å². The van der Waals surface area contributed by atoms with Crippen molar-refractivity contribution in [2.75, 3.05) is 26.8 Å². The Hall–Kier alpha value is -2.08. The van der Waals surface area contributed by atoms with E-state index in [9.17, 15) is 9.59 Å². The van der Waals surface area contributed by atoms with Gasteiger partial charge in [0.25, 0.3) is 0 Å². The molecule has 0 saturated carbocycles. The van der Waals surface area contributed by atoms with Gasteiger partial charge in [0.2, 0.25) is 11.8 Å². The molecule has 1 aromatic heterocycles. The molecule has 0 aromatic carbocycles. The van der Waals surface area contributed by atoms with E-state index in [0.717, 1.165) is 5.76 Å². The second kappa shape index (κ2) is 8.10. The van der Waals surface area contributed by atoms with Gasteiger partial charge in [-0.15, -0.1) is 0 Å². The summed E-state index contributed by atoms with van der Waals surface area (Å²) in [7, 11) is 1.55. The average Bonchev–Trinajstić information content (AvgIpc) is 2.80. The van der Waals surface area contributed by atoms with E-state index in [4.69, 9.17) is 9.15 Å². The van der Waals surface area contributed by atoms with Crippen molar-refractivity contribution in [3.05, 3.63) is 29.7 Å². The van der Waals surface area contributed by atoms with Gasteiger partial charge < -0.3 is 19.8 Å². The molecular formula is C13H18N2O4. The number of carbonyl (C=O) groups excluding carboxylic acids is 2. The third-order valence-electron chi connectivity index (χ3n) is 2.21. The molecule has 0 radical (unpaired) electrons. The number of methoxy groups -OCH3 is 1. The van der Waals surface area contributed by atoms with Crippen molar-refractivity contribution in [2.45, 2.75) is 6.92 Å². The lowest BCUT2D eigenvalue weighted by Gasteiger charge is -2.04. The van der Waals surface area contributed by atoms with Crippen LogP contribution in [0, 0.1) is 6.92 Å². The smallest absolute Gasteiger partial charge is 0.244 e. The highest BCUT2D eigenvalue weighted by atomic mass is 16.5. The summed E-state index contributed by atoms with van der Waals surface area (Å²) in [5.74, 6) is 0.762. The van der Waals surface area contributed by atoms with E-state index in [1.165, 1.54) is 6.08 Å². The first-order valence-corrected chi connectivity index (χ1v) is 5.90. The second-order valence-corrected chi connectivity index (χ2v) is 3.84. The van der Waals surface area contributed by atoms with E-state index < -0.39 is 0 Å². The Morgan fingerprint density at radius 3 is 2.79 bits per heavy atom. The third kappa shape index (κ3) is 6.42. The number of amides is 2. The van der Waals surface area contributed by atoms with E-state index in [-0.39, 0.29) is 18.4 Å². The highest BCUT2D eigenvalue weighted by Crippen LogP contribution is 2.07. The van der Waals surface area contributed by atoms with Crippen molar-refractivity contribution in [3.8, 4) is 0 Å². The monoisotopic (exact) mass is 266 g/mol. The topological polar surface area (TPSA) is 80.6 Å². The first kappa shape index (κ1) is 15.0. The van der Waals surface area contributed by atoms with Crippen LogP contribution in [-0.4, -0.2) is 38.6 Å². The van der Waals surface area contributed by atoms with Crippen LogP contribution in [0.15, 0.2) is 22.6 Å². The molecule has 0 aliphatic carbocycles. The summed E-state index contributed by atoms with van der Waals surface area (Å²) in [5.41, 5.74) is 0. The molecule has 1 heterocycles. The first-order chi connectivity index (χ1) is 9.11. The zero-order chi connectivity index (χ0) is 14.1. The van der Waals surface area contributed by atoms with Crippen molar-refractivity contribution in [1.82, 2.24) is 10.6 Å². The zero-order valence-electron chi connectivity index (χ0n) is 11.1. The van der Waals surface area contributed by atoms with E-state index in [1.54, 1.807) is 25.3 Å². The number of nitrogens with one attached hydrogen (secondary N) is 2. The molecule has 0 spiro atoms. The number of carbonyl (C=O) groups is 2. The number of ether oxygens (including phenoxy) is 1. The van der Waals surface area contributed by atoms with E-state index in [1.807, 2.05) is 6.92 Å². The van der Waals surface area contributed by atoms with Gasteiger partial charge in [-0.1, -0.05) is 0 Å². The van der Waals surface area contributed by atoms with Crippen molar-refractivity contribution in [2.24, 2.45) is 0 Å². The van der Waals surface area contributed by atoms with Crippen molar-refractivity contribution < 1.29 is 18.7 Å². The third-order valence-corrected chi connectivity index (χ3v) is 2.21. The van der Waals surface area contributed by atoms with Gasteiger partial charge in [0, 0.05) is 19.7 Å². The molecular weight excluding hydrogens is 248 g/mol. The fourth-order valence-electron chi connectivity index (χ4n) is 1.28. The molecule has 6 heteroatoms. The van der Waals surface area contributed by atoms with Crippen LogP contribution in [0.1, 0.15) is 11.5 Å². The lowest BCUT2D eigenvalue weighted by atomic mass is 10.4. The van der Waals surface area contributed by atoms with Crippen LogP contribution in [0.2, 0.25) is 0 Å². The number of hydrogen-bond acceptors (Lipinski definition) is 4. The summed E-state index contributed by atoms with van der Waals surface area (Å²) in [4.78, 5) is 22.7. The van der Waals surface area contributed by atoms with Gasteiger partial charge in [-0.25, -0.2) is 0 Å². The maximum Gasteiger partial charge on any atom is 0.244 e. The van der Waals surface area contributed by atoms with Crippen LogP contribution in [-0.2, 0) is 14.3 Å². The summed E-state index contributed by atoms with van der Waals surface area (Å²) in [5, 5.41) is 5.06. The van der Waals surface area contributed by atoms with Gasteiger partial charge in [-0.05, 0) is 25.1 Å². The largest absolute Gasteiger partial charge is 0.462 e. The molecule has 0 aliphatic rings. The maximum atomic E-state index is 11.4. The molecule has 0 atom stereocenters. The van der Waals surface area contributed by atoms with Crippen LogP contribution >= 0.6 is 0 Å². The normalized spacial score (nSPS) is 10.6. The van der Waals surface area contributed by atoms with Gasteiger partial charge >= 0.3 is 0 Å². The minimum absolute atomic E-state index is 0.0654. The summed E-state index contributed by atoms with van der Waals surface area (Å²) >= 11 is 0. The summed E-state index contributed by atoms with van der Waals surface area (Å²) in [6.45, 7) is 2.62. The Balaban J connectivity index is 2.24. The van der Waals surface area contributed by atoms with E-state index >= 15 is 0 Å². The maximum absolute atomic E-state index is 11.4. The molecule has 1 aromatic rings. The van der Waals surface area contributed by atoms with Gasteiger partial charge in [-0.2, -0.15) is 0 Å². The Labute approximate surface area is 111 Å². The molecule has 0 aliphatic heterocycles. The zero-order valence-corrected chi connectivity index (χ0v) is 11.1. The van der Waals surface area contributed by atoms with Crippen molar-refractivity contribution >= 4 is 17.9 Å². The first-order valence-electron chi connectivity index (χ1n) is 5.90. The lowest BCUT2D eigenvalue weighted by Crippen LogP contribution is -2.37. The molecule has 0 fully saturated rings. The highest BCUT2D eigenvalue weighted by Gasteiger charge is 2.02. The Morgan fingerprint density at radius 1 is 1.37 bits per heavy atom. The molecule has 2 N–H and O–H groups in total. The number of aryl methyl sites for hydroxylation is 1. The van der Waals surface area contributed by atoms with E-state index in [2.05, 4.69) is 10.6 Å².